The van der Waals surface area contributed by atoms with E-state index in [0.29, 0.717) is 0 Å². The summed E-state index contributed by atoms with van der Waals surface area (Å²) in [6.07, 6.45) is 9.15. The van der Waals surface area contributed by atoms with Crippen LogP contribution in [0.5, 0.6) is 0 Å². The highest BCUT2D eigenvalue weighted by atomic mass is 32.2. The Morgan fingerprint density at radius 2 is 1.83 bits per heavy atom. The van der Waals surface area contributed by atoms with Crippen LogP contribution in [0, 0.1) is 0 Å². The molecule has 0 bridgehead atoms. The molecule has 0 saturated carbocycles. The number of allylic oxidation sites excluding steroid dienone is 3. The molecule has 0 unspecified atom stereocenters. The quantitative estimate of drug-likeness (QED) is 0.685. The zero-order chi connectivity index (χ0) is 12.2. The van der Waals surface area contributed by atoms with Gasteiger partial charge in [0.2, 0.25) is 0 Å². The molecule has 0 aliphatic heterocycles. The van der Waals surface area contributed by atoms with E-state index in [1.54, 1.807) is 11.3 Å². The lowest BCUT2D eigenvalue weighted by Crippen LogP contribution is -1.81. The average Bonchev–Trinajstić information content (AvgIpc) is 2.95. The summed E-state index contributed by atoms with van der Waals surface area (Å²) in [6, 6.07) is 11.0. The van der Waals surface area contributed by atoms with E-state index in [1.807, 2.05) is 11.8 Å². The van der Waals surface area contributed by atoms with Gasteiger partial charge in [-0.15, -0.1) is 0 Å². The van der Waals surface area contributed by atoms with Gasteiger partial charge in [0.1, 0.15) is 0 Å². The fourth-order valence-electron chi connectivity index (χ4n) is 1.95. The lowest BCUT2D eigenvalue weighted by Gasteiger charge is -2.07. The van der Waals surface area contributed by atoms with Crippen LogP contribution in [-0.2, 0) is 0 Å². The standard InChI is InChI=1S/C16H14S2/c1-2-4-15(5-3-1)18-16-8-6-13(7-9-16)14-10-11-17-12-14/h2,4-12H,1,3H2. The van der Waals surface area contributed by atoms with E-state index in [4.69, 9.17) is 0 Å². The molecule has 2 heteroatoms. The summed E-state index contributed by atoms with van der Waals surface area (Å²) in [7, 11) is 0. The molecule has 0 atom stereocenters. The minimum Gasteiger partial charge on any atom is -0.152 e. The van der Waals surface area contributed by atoms with Crippen LogP contribution in [0.4, 0.5) is 0 Å². The number of rotatable bonds is 3. The molecule has 0 amide bonds. The Balaban J connectivity index is 1.75. The van der Waals surface area contributed by atoms with Gasteiger partial charge >= 0.3 is 0 Å². The Morgan fingerprint density at radius 3 is 2.50 bits per heavy atom. The second kappa shape index (κ2) is 5.59. The van der Waals surface area contributed by atoms with Crippen LogP contribution < -0.4 is 0 Å². The second-order valence-electron chi connectivity index (χ2n) is 4.22. The van der Waals surface area contributed by atoms with Gasteiger partial charge in [0.25, 0.3) is 0 Å². The summed E-state index contributed by atoms with van der Waals surface area (Å²) in [5, 5.41) is 4.31. The van der Waals surface area contributed by atoms with Gasteiger partial charge in [0.15, 0.2) is 0 Å². The van der Waals surface area contributed by atoms with Crippen molar-refractivity contribution in [1.82, 2.24) is 0 Å². The summed E-state index contributed by atoms with van der Waals surface area (Å²) < 4.78 is 0. The highest BCUT2D eigenvalue weighted by Gasteiger charge is 2.02. The number of hydrogen-bond acceptors (Lipinski definition) is 2. The van der Waals surface area contributed by atoms with Gasteiger partial charge in [0.05, 0.1) is 0 Å². The van der Waals surface area contributed by atoms with Crippen LogP contribution in [0.2, 0.25) is 0 Å². The highest BCUT2D eigenvalue weighted by molar-refractivity contribution is 8.03. The first-order valence-electron chi connectivity index (χ1n) is 6.09. The maximum Gasteiger partial charge on any atom is 0.0122 e. The molecule has 3 rings (SSSR count). The van der Waals surface area contributed by atoms with E-state index in [9.17, 15) is 0 Å². The topological polar surface area (TPSA) is 0 Å². The lowest BCUT2D eigenvalue weighted by molar-refractivity contribution is 1.03. The molecule has 90 valence electrons. The van der Waals surface area contributed by atoms with Gasteiger partial charge in [-0.2, -0.15) is 11.3 Å². The van der Waals surface area contributed by atoms with Gasteiger partial charge in [-0.1, -0.05) is 42.1 Å². The first-order valence-corrected chi connectivity index (χ1v) is 7.85. The first kappa shape index (κ1) is 11.8. The maximum absolute atomic E-state index is 2.32. The minimum atomic E-state index is 1.17. The smallest absolute Gasteiger partial charge is 0.0122 e. The molecule has 1 aromatic carbocycles. The summed E-state index contributed by atoms with van der Waals surface area (Å²) in [5.74, 6) is 0. The first-order chi connectivity index (χ1) is 8.92. The Morgan fingerprint density at radius 1 is 0.944 bits per heavy atom. The van der Waals surface area contributed by atoms with Crippen LogP contribution in [0.3, 0.4) is 0 Å². The molecular formula is C16H14S2. The molecule has 1 aliphatic rings. The Labute approximate surface area is 116 Å². The average molecular weight is 270 g/mol. The molecule has 1 heterocycles. The second-order valence-corrected chi connectivity index (χ2v) is 6.15. The van der Waals surface area contributed by atoms with E-state index < -0.39 is 0 Å². The van der Waals surface area contributed by atoms with Crippen molar-refractivity contribution in [2.24, 2.45) is 0 Å². The predicted octanol–water partition coefficient (Wildman–Crippen LogP) is 5.74. The van der Waals surface area contributed by atoms with Gasteiger partial charge in [-0.05, 0) is 52.9 Å². The van der Waals surface area contributed by atoms with Crippen LogP contribution in [0.1, 0.15) is 12.8 Å². The van der Waals surface area contributed by atoms with Gasteiger partial charge in [-0.3, -0.25) is 0 Å². The zero-order valence-electron chi connectivity index (χ0n) is 10.0. The predicted molar refractivity (Wildman–Crippen MR) is 82.1 cm³/mol. The lowest BCUT2D eigenvalue weighted by atomic mass is 10.1. The molecule has 2 aromatic rings. The summed E-state index contributed by atoms with van der Waals surface area (Å²) in [4.78, 5) is 2.68. The van der Waals surface area contributed by atoms with Crippen LogP contribution in [0.15, 0.2) is 69.1 Å². The van der Waals surface area contributed by atoms with Crippen LogP contribution in [0.25, 0.3) is 11.1 Å². The molecule has 0 N–H and O–H groups in total. The molecule has 0 fully saturated rings. The third-order valence-electron chi connectivity index (χ3n) is 2.91. The molecule has 1 aromatic heterocycles. The Hall–Kier alpha value is -1.25. The van der Waals surface area contributed by atoms with Crippen molar-refractivity contribution in [3.05, 3.63) is 64.2 Å². The van der Waals surface area contributed by atoms with Crippen molar-refractivity contribution in [3.8, 4) is 11.1 Å². The van der Waals surface area contributed by atoms with Crippen molar-refractivity contribution >= 4 is 23.1 Å². The van der Waals surface area contributed by atoms with Crippen molar-refractivity contribution < 1.29 is 0 Å². The van der Waals surface area contributed by atoms with Gasteiger partial charge in [-0.25, -0.2) is 0 Å². The Kier molecular flexibility index (Phi) is 3.67. The van der Waals surface area contributed by atoms with Gasteiger partial charge in [0, 0.05) is 9.80 Å². The minimum absolute atomic E-state index is 1.17. The molecule has 1 aliphatic carbocycles. The fraction of sp³-hybridized carbons (Fsp3) is 0.125. The fourth-order valence-corrected chi connectivity index (χ4v) is 3.52. The summed E-state index contributed by atoms with van der Waals surface area (Å²) in [6.45, 7) is 0. The van der Waals surface area contributed by atoms with Crippen molar-refractivity contribution in [1.29, 1.82) is 0 Å². The normalized spacial score (nSPS) is 14.6. The van der Waals surface area contributed by atoms with E-state index in [0.717, 1.165) is 0 Å². The third-order valence-corrected chi connectivity index (χ3v) is 4.64. The van der Waals surface area contributed by atoms with Crippen LogP contribution in [-0.4, -0.2) is 0 Å². The highest BCUT2D eigenvalue weighted by Crippen LogP contribution is 2.31. The molecular weight excluding hydrogens is 256 g/mol. The van der Waals surface area contributed by atoms with E-state index in [-0.39, 0.29) is 0 Å². The largest absolute Gasteiger partial charge is 0.152 e. The van der Waals surface area contributed by atoms with Crippen molar-refractivity contribution in [2.75, 3.05) is 0 Å². The van der Waals surface area contributed by atoms with Crippen molar-refractivity contribution in [2.45, 2.75) is 17.7 Å². The number of benzene rings is 1. The molecule has 18 heavy (non-hydrogen) atoms. The van der Waals surface area contributed by atoms with E-state index >= 15 is 0 Å². The number of hydrogen-bond donors (Lipinski definition) is 0. The molecule has 0 saturated heterocycles. The monoisotopic (exact) mass is 270 g/mol. The zero-order valence-corrected chi connectivity index (χ0v) is 11.6. The molecule has 0 spiro atoms. The van der Waals surface area contributed by atoms with E-state index in [2.05, 4.69) is 59.3 Å². The maximum atomic E-state index is 2.32. The summed E-state index contributed by atoms with van der Waals surface area (Å²) in [5.41, 5.74) is 2.61. The van der Waals surface area contributed by atoms with Crippen molar-refractivity contribution in [3.63, 3.8) is 0 Å². The number of thiophene rings is 1. The Bertz CT molecular complexity index is 560. The van der Waals surface area contributed by atoms with Gasteiger partial charge < -0.3 is 0 Å². The van der Waals surface area contributed by atoms with E-state index in [1.165, 1.54) is 33.8 Å². The van der Waals surface area contributed by atoms with Crippen LogP contribution >= 0.6 is 23.1 Å². The third kappa shape index (κ3) is 2.77. The molecule has 0 radical (unpaired) electrons. The summed E-state index contributed by atoms with van der Waals surface area (Å²) >= 11 is 3.59. The molecule has 0 nitrogen and oxygen atoms in total. The SMILES string of the molecule is C1=CC(Sc2ccc(-c3ccsc3)cc2)=CCC1. The number of thioether (sulfide) groups is 1.